The standard InChI is InChI=1S/C31H44O2/c1-3-5-7-9-11-13-15-26-17-21-28(22-18-26)30(32)25-31(33)29-23-19-27(20-24-29)16-14-12-10-8-6-4-2/h17-24H,3-16,25H2,1-2H3. The molecule has 0 aromatic heterocycles. The van der Waals surface area contributed by atoms with Crippen molar-refractivity contribution in [1.29, 1.82) is 0 Å². The fraction of sp³-hybridized carbons (Fsp3) is 0.548. The molecule has 0 N–H and O–H groups in total. The minimum absolute atomic E-state index is 0.0620. The highest BCUT2D eigenvalue weighted by atomic mass is 16.1. The van der Waals surface area contributed by atoms with Crippen molar-refractivity contribution >= 4 is 11.6 Å². The molecule has 2 nitrogen and oxygen atoms in total. The van der Waals surface area contributed by atoms with Gasteiger partial charge in [-0.15, -0.1) is 0 Å². The van der Waals surface area contributed by atoms with Gasteiger partial charge in [0.25, 0.3) is 0 Å². The number of carbonyl (C=O) groups is 2. The van der Waals surface area contributed by atoms with Gasteiger partial charge >= 0.3 is 0 Å². The largest absolute Gasteiger partial charge is 0.294 e. The van der Waals surface area contributed by atoms with Crippen LogP contribution in [0, 0.1) is 0 Å². The number of ketones is 2. The summed E-state index contributed by atoms with van der Waals surface area (Å²) in [5, 5.41) is 0. The van der Waals surface area contributed by atoms with E-state index in [1.807, 2.05) is 48.5 Å². The van der Waals surface area contributed by atoms with E-state index in [1.54, 1.807) is 0 Å². The van der Waals surface area contributed by atoms with Crippen molar-refractivity contribution in [3.05, 3.63) is 70.8 Å². The number of benzene rings is 2. The molecule has 0 heterocycles. The van der Waals surface area contributed by atoms with Crippen LogP contribution < -0.4 is 0 Å². The maximum Gasteiger partial charge on any atom is 0.170 e. The van der Waals surface area contributed by atoms with Crippen LogP contribution in [0.4, 0.5) is 0 Å². The van der Waals surface area contributed by atoms with Crippen molar-refractivity contribution < 1.29 is 9.59 Å². The molecule has 2 rings (SSSR count). The number of hydrogen-bond donors (Lipinski definition) is 0. The maximum absolute atomic E-state index is 12.6. The van der Waals surface area contributed by atoms with Gasteiger partial charge in [-0.05, 0) is 36.8 Å². The van der Waals surface area contributed by atoms with Crippen LogP contribution in [0.1, 0.15) is 129 Å². The smallest absolute Gasteiger partial charge is 0.170 e. The summed E-state index contributed by atoms with van der Waals surface area (Å²) in [7, 11) is 0. The molecular formula is C31H44O2. The van der Waals surface area contributed by atoms with Gasteiger partial charge in [0.15, 0.2) is 11.6 Å². The molecule has 0 fully saturated rings. The summed E-state index contributed by atoms with van der Waals surface area (Å²) < 4.78 is 0. The van der Waals surface area contributed by atoms with Crippen LogP contribution in [0.5, 0.6) is 0 Å². The van der Waals surface area contributed by atoms with Gasteiger partial charge in [0, 0.05) is 11.1 Å². The quantitative estimate of drug-likeness (QED) is 0.129. The Balaban J connectivity index is 1.73. The second-order valence-electron chi connectivity index (χ2n) is 9.45. The molecular weight excluding hydrogens is 404 g/mol. The molecule has 0 saturated heterocycles. The molecule has 33 heavy (non-hydrogen) atoms. The molecule has 0 saturated carbocycles. The van der Waals surface area contributed by atoms with E-state index in [9.17, 15) is 9.59 Å². The van der Waals surface area contributed by atoms with Crippen LogP contribution >= 0.6 is 0 Å². The Morgan fingerprint density at radius 1 is 0.485 bits per heavy atom. The Hall–Kier alpha value is -2.22. The van der Waals surface area contributed by atoms with Crippen LogP contribution in [0.2, 0.25) is 0 Å². The van der Waals surface area contributed by atoms with Crippen molar-refractivity contribution in [3.8, 4) is 0 Å². The van der Waals surface area contributed by atoms with E-state index >= 15 is 0 Å². The molecule has 0 bridgehead atoms. The summed E-state index contributed by atoms with van der Waals surface area (Å²) in [4.78, 5) is 25.2. The Kier molecular flexibility index (Phi) is 13.4. The summed E-state index contributed by atoms with van der Waals surface area (Å²) in [6.07, 6.45) is 17.5. The zero-order valence-corrected chi connectivity index (χ0v) is 21.0. The molecule has 0 aliphatic heterocycles. The van der Waals surface area contributed by atoms with E-state index in [4.69, 9.17) is 0 Å². The highest BCUT2D eigenvalue weighted by Crippen LogP contribution is 2.15. The van der Waals surface area contributed by atoms with E-state index in [0.29, 0.717) is 11.1 Å². The zero-order valence-electron chi connectivity index (χ0n) is 21.0. The summed E-state index contributed by atoms with van der Waals surface area (Å²) >= 11 is 0. The Morgan fingerprint density at radius 2 is 0.818 bits per heavy atom. The van der Waals surface area contributed by atoms with Gasteiger partial charge in [0.05, 0.1) is 6.42 Å². The molecule has 0 spiro atoms. The predicted octanol–water partition coefficient (Wildman–Crippen LogP) is 8.95. The maximum atomic E-state index is 12.6. The fourth-order valence-electron chi connectivity index (χ4n) is 4.28. The topological polar surface area (TPSA) is 34.1 Å². The third-order valence-corrected chi connectivity index (χ3v) is 6.51. The molecule has 2 aromatic carbocycles. The van der Waals surface area contributed by atoms with Crippen molar-refractivity contribution in [1.82, 2.24) is 0 Å². The van der Waals surface area contributed by atoms with E-state index in [-0.39, 0.29) is 18.0 Å². The van der Waals surface area contributed by atoms with Gasteiger partial charge in [-0.25, -0.2) is 0 Å². The normalized spacial score (nSPS) is 11.0. The first kappa shape index (κ1) is 27.0. The average molecular weight is 449 g/mol. The molecule has 0 aliphatic carbocycles. The van der Waals surface area contributed by atoms with Crippen LogP contribution in [-0.4, -0.2) is 11.6 Å². The van der Waals surface area contributed by atoms with E-state index in [2.05, 4.69) is 13.8 Å². The highest BCUT2D eigenvalue weighted by molar-refractivity contribution is 6.13. The minimum atomic E-state index is -0.0951. The van der Waals surface area contributed by atoms with Crippen molar-refractivity contribution in [2.24, 2.45) is 0 Å². The van der Waals surface area contributed by atoms with Crippen LogP contribution in [0.15, 0.2) is 48.5 Å². The lowest BCUT2D eigenvalue weighted by atomic mass is 9.98. The first-order chi connectivity index (χ1) is 16.1. The number of carbonyl (C=O) groups excluding carboxylic acids is 2. The monoisotopic (exact) mass is 448 g/mol. The minimum Gasteiger partial charge on any atom is -0.294 e. The molecule has 2 heteroatoms. The zero-order chi connectivity index (χ0) is 23.7. The highest BCUT2D eigenvalue weighted by Gasteiger charge is 2.14. The molecule has 0 amide bonds. The van der Waals surface area contributed by atoms with Crippen molar-refractivity contribution in [2.75, 3.05) is 0 Å². The Labute approximate surface area is 202 Å². The van der Waals surface area contributed by atoms with Crippen molar-refractivity contribution in [2.45, 2.75) is 110 Å². The number of hydrogen-bond acceptors (Lipinski definition) is 2. The predicted molar refractivity (Wildman–Crippen MR) is 140 cm³/mol. The summed E-state index contributed by atoms with van der Waals surface area (Å²) in [6, 6.07) is 15.7. The summed E-state index contributed by atoms with van der Waals surface area (Å²) in [5.74, 6) is -0.190. The second-order valence-corrected chi connectivity index (χ2v) is 9.45. The Bertz CT molecular complexity index is 732. The first-order valence-electron chi connectivity index (χ1n) is 13.4. The number of rotatable bonds is 18. The molecule has 0 aliphatic rings. The summed E-state index contributed by atoms with van der Waals surface area (Å²) in [5.41, 5.74) is 3.81. The van der Waals surface area contributed by atoms with Gasteiger partial charge in [0.2, 0.25) is 0 Å². The van der Waals surface area contributed by atoms with E-state index < -0.39 is 0 Å². The molecule has 0 radical (unpaired) electrons. The molecule has 180 valence electrons. The fourth-order valence-corrected chi connectivity index (χ4v) is 4.28. The van der Waals surface area contributed by atoms with Gasteiger partial charge in [-0.1, -0.05) is 127 Å². The SMILES string of the molecule is CCCCCCCCc1ccc(C(=O)CC(=O)c2ccc(CCCCCCCC)cc2)cc1. The summed E-state index contributed by atoms with van der Waals surface area (Å²) in [6.45, 7) is 4.48. The van der Waals surface area contributed by atoms with Crippen LogP contribution in [0.3, 0.4) is 0 Å². The van der Waals surface area contributed by atoms with Gasteiger partial charge in [-0.2, -0.15) is 0 Å². The molecule has 2 aromatic rings. The van der Waals surface area contributed by atoms with Crippen molar-refractivity contribution in [3.63, 3.8) is 0 Å². The molecule has 0 atom stereocenters. The number of unbranched alkanes of at least 4 members (excludes halogenated alkanes) is 10. The number of Topliss-reactive ketones (excluding diaryl/α,β-unsaturated/α-hetero) is 2. The lowest BCUT2D eigenvalue weighted by Crippen LogP contribution is -2.08. The van der Waals surface area contributed by atoms with Gasteiger partial charge in [-0.3, -0.25) is 9.59 Å². The third kappa shape index (κ3) is 11.0. The first-order valence-corrected chi connectivity index (χ1v) is 13.4. The van der Waals surface area contributed by atoms with E-state index in [0.717, 1.165) is 12.8 Å². The van der Waals surface area contributed by atoms with E-state index in [1.165, 1.54) is 88.2 Å². The lowest BCUT2D eigenvalue weighted by molar-refractivity contribution is 0.0894. The average Bonchev–Trinajstić information content (AvgIpc) is 2.84. The van der Waals surface area contributed by atoms with Crippen LogP contribution in [0.25, 0.3) is 0 Å². The van der Waals surface area contributed by atoms with Gasteiger partial charge < -0.3 is 0 Å². The Morgan fingerprint density at radius 3 is 1.18 bits per heavy atom. The van der Waals surface area contributed by atoms with Gasteiger partial charge in [0.1, 0.15) is 0 Å². The number of aryl methyl sites for hydroxylation is 2. The third-order valence-electron chi connectivity index (χ3n) is 6.51. The molecule has 0 unspecified atom stereocenters. The second kappa shape index (κ2) is 16.4. The van der Waals surface area contributed by atoms with Crippen LogP contribution in [-0.2, 0) is 12.8 Å². The lowest BCUT2D eigenvalue weighted by Gasteiger charge is -2.06.